The number of carbonyl (C=O) groups excluding carboxylic acids is 3. The fourth-order valence-corrected chi connectivity index (χ4v) is 5.35. The number of anilines is 2. The predicted molar refractivity (Wildman–Crippen MR) is 108 cm³/mol. The molecule has 2 saturated heterocycles. The maximum absolute atomic E-state index is 13.0. The molecule has 0 aromatic heterocycles. The maximum atomic E-state index is 13.0. The van der Waals surface area contributed by atoms with Crippen LogP contribution in [0.2, 0.25) is 0 Å². The van der Waals surface area contributed by atoms with Gasteiger partial charge in [0.2, 0.25) is 17.7 Å². The van der Waals surface area contributed by atoms with Crippen LogP contribution in [0.25, 0.3) is 0 Å². The van der Waals surface area contributed by atoms with Crippen molar-refractivity contribution in [2.24, 2.45) is 23.7 Å². The van der Waals surface area contributed by atoms with E-state index < -0.39 is 11.0 Å². The van der Waals surface area contributed by atoms with Gasteiger partial charge in [-0.1, -0.05) is 12.2 Å². The highest BCUT2D eigenvalue weighted by Crippen LogP contribution is 2.53. The molecule has 1 aromatic rings. The second-order valence-corrected chi connectivity index (χ2v) is 8.45. The molecule has 5 rings (SSSR count). The van der Waals surface area contributed by atoms with E-state index in [4.69, 9.17) is 0 Å². The average Bonchev–Trinajstić information content (AvgIpc) is 3.36. The van der Waals surface area contributed by atoms with Gasteiger partial charge < -0.3 is 10.6 Å². The van der Waals surface area contributed by atoms with Crippen molar-refractivity contribution in [3.63, 3.8) is 0 Å². The van der Waals surface area contributed by atoms with Gasteiger partial charge in [-0.05, 0) is 49.7 Å². The lowest BCUT2D eigenvalue weighted by Gasteiger charge is -2.20. The van der Waals surface area contributed by atoms with Gasteiger partial charge in [0.25, 0.3) is 5.69 Å². The Morgan fingerprint density at radius 3 is 2.43 bits per heavy atom. The lowest BCUT2D eigenvalue weighted by molar-refractivity contribution is -0.383. The van der Waals surface area contributed by atoms with Crippen molar-refractivity contribution >= 4 is 34.8 Å². The van der Waals surface area contributed by atoms with Crippen molar-refractivity contribution in [2.75, 3.05) is 16.8 Å². The van der Waals surface area contributed by atoms with E-state index in [-0.39, 0.29) is 58.5 Å². The minimum atomic E-state index is -0.562. The molecule has 2 N–H and O–H groups in total. The summed E-state index contributed by atoms with van der Waals surface area (Å²) in [5.41, 5.74) is 0.150. The minimum Gasteiger partial charge on any atom is -0.368 e. The SMILES string of the molecule is O=C1NCCCC[C@H]1Nc1ccc(N2C(=O)[C@@H]3[C@@H](C2=O)[C@@H]2C=C[C@@H]3C2)cc1[N+](=O)[O-]. The molecule has 0 spiro atoms. The molecule has 2 aliphatic heterocycles. The van der Waals surface area contributed by atoms with Crippen LogP contribution in [0.15, 0.2) is 30.4 Å². The van der Waals surface area contributed by atoms with E-state index in [0.29, 0.717) is 13.0 Å². The van der Waals surface area contributed by atoms with E-state index >= 15 is 0 Å². The van der Waals surface area contributed by atoms with Gasteiger partial charge in [-0.2, -0.15) is 0 Å². The van der Waals surface area contributed by atoms with Crippen LogP contribution in [-0.4, -0.2) is 35.2 Å². The first kappa shape index (κ1) is 18.8. The van der Waals surface area contributed by atoms with Crippen LogP contribution >= 0.6 is 0 Å². The van der Waals surface area contributed by atoms with Crippen molar-refractivity contribution in [3.05, 3.63) is 40.5 Å². The van der Waals surface area contributed by atoms with Crippen LogP contribution < -0.4 is 15.5 Å². The van der Waals surface area contributed by atoms with Gasteiger partial charge in [0.05, 0.1) is 22.4 Å². The molecular formula is C21H22N4O5. The van der Waals surface area contributed by atoms with Crippen molar-refractivity contribution in [1.82, 2.24) is 5.32 Å². The summed E-state index contributed by atoms with van der Waals surface area (Å²) in [7, 11) is 0. The zero-order valence-corrected chi connectivity index (χ0v) is 16.2. The highest BCUT2D eigenvalue weighted by molar-refractivity contribution is 6.23. The van der Waals surface area contributed by atoms with Crippen molar-refractivity contribution < 1.29 is 19.3 Å². The second-order valence-electron chi connectivity index (χ2n) is 8.45. The first-order chi connectivity index (χ1) is 14.5. The Balaban J connectivity index is 1.44. The molecule has 2 heterocycles. The number of benzene rings is 1. The van der Waals surface area contributed by atoms with E-state index in [0.717, 1.165) is 24.2 Å². The summed E-state index contributed by atoms with van der Waals surface area (Å²) in [6.07, 6.45) is 7.11. The molecule has 3 amide bonds. The highest BCUT2D eigenvalue weighted by atomic mass is 16.6. The standard InChI is InChI=1S/C21H22N4O5/c26-19-15(3-1-2-8-22-19)23-14-7-6-13(10-16(14)25(29)30)24-20(27)17-11-4-5-12(9-11)18(17)21(24)28/h4-7,10-12,15,17-18,23H,1-3,8-9H2,(H,22,26)/t11-,12-,15-,17+,18+/m1/s1. The molecular weight excluding hydrogens is 388 g/mol. The number of nitrogens with zero attached hydrogens (tertiary/aromatic N) is 2. The van der Waals surface area contributed by atoms with Gasteiger partial charge in [0.1, 0.15) is 11.7 Å². The van der Waals surface area contributed by atoms with E-state index in [1.807, 2.05) is 12.2 Å². The van der Waals surface area contributed by atoms with Crippen LogP contribution in [-0.2, 0) is 14.4 Å². The summed E-state index contributed by atoms with van der Waals surface area (Å²) < 4.78 is 0. The fourth-order valence-electron chi connectivity index (χ4n) is 5.35. The summed E-state index contributed by atoms with van der Waals surface area (Å²) in [6.45, 7) is 0.594. The number of nitro benzene ring substituents is 1. The van der Waals surface area contributed by atoms with Crippen LogP contribution in [0.1, 0.15) is 25.7 Å². The maximum Gasteiger partial charge on any atom is 0.294 e. The third-order valence-electron chi connectivity index (χ3n) is 6.77. The Bertz CT molecular complexity index is 960. The Labute approximate surface area is 172 Å². The van der Waals surface area contributed by atoms with Gasteiger partial charge in [-0.15, -0.1) is 0 Å². The number of imide groups is 1. The number of nitrogens with one attached hydrogen (secondary N) is 2. The number of carbonyl (C=O) groups is 3. The van der Waals surface area contributed by atoms with Crippen LogP contribution in [0, 0.1) is 33.8 Å². The minimum absolute atomic E-state index is 0.0751. The molecule has 2 aliphatic carbocycles. The Hall–Kier alpha value is -3.23. The Morgan fingerprint density at radius 1 is 1.07 bits per heavy atom. The monoisotopic (exact) mass is 410 g/mol. The smallest absolute Gasteiger partial charge is 0.294 e. The molecule has 9 heteroatoms. The van der Waals surface area contributed by atoms with E-state index in [1.165, 1.54) is 18.2 Å². The van der Waals surface area contributed by atoms with Crippen molar-refractivity contribution in [2.45, 2.75) is 31.7 Å². The topological polar surface area (TPSA) is 122 Å². The second kappa shape index (κ2) is 6.93. The molecule has 1 saturated carbocycles. The lowest BCUT2D eigenvalue weighted by atomic mass is 9.85. The third kappa shape index (κ3) is 2.79. The van der Waals surface area contributed by atoms with Crippen molar-refractivity contribution in [3.8, 4) is 0 Å². The molecule has 0 unspecified atom stereocenters. The van der Waals surface area contributed by atoms with Crippen LogP contribution in [0.5, 0.6) is 0 Å². The number of rotatable bonds is 4. The number of hydrogen-bond donors (Lipinski definition) is 2. The quantitative estimate of drug-likeness (QED) is 0.339. The van der Waals surface area contributed by atoms with Crippen LogP contribution in [0.3, 0.4) is 0 Å². The zero-order valence-electron chi connectivity index (χ0n) is 16.2. The molecule has 4 aliphatic rings. The summed E-state index contributed by atoms with van der Waals surface area (Å²) in [4.78, 5) is 50.4. The molecule has 30 heavy (non-hydrogen) atoms. The fraction of sp³-hybridized carbons (Fsp3) is 0.476. The number of nitro groups is 1. The third-order valence-corrected chi connectivity index (χ3v) is 6.77. The molecule has 0 radical (unpaired) electrons. The molecule has 9 nitrogen and oxygen atoms in total. The van der Waals surface area contributed by atoms with E-state index in [1.54, 1.807) is 0 Å². The summed E-state index contributed by atoms with van der Waals surface area (Å²) in [6, 6.07) is 3.71. The predicted octanol–water partition coefficient (Wildman–Crippen LogP) is 1.99. The molecule has 2 bridgehead atoms. The zero-order chi connectivity index (χ0) is 21.0. The molecule has 156 valence electrons. The van der Waals surface area contributed by atoms with Gasteiger partial charge in [0, 0.05) is 12.6 Å². The van der Waals surface area contributed by atoms with E-state index in [2.05, 4.69) is 10.6 Å². The normalized spacial score (nSPS) is 32.2. The lowest BCUT2D eigenvalue weighted by Crippen LogP contribution is -2.38. The summed E-state index contributed by atoms with van der Waals surface area (Å²) >= 11 is 0. The largest absolute Gasteiger partial charge is 0.368 e. The number of allylic oxidation sites excluding steroid dienone is 2. The number of amides is 3. The van der Waals surface area contributed by atoms with Gasteiger partial charge >= 0.3 is 0 Å². The van der Waals surface area contributed by atoms with Gasteiger partial charge in [0.15, 0.2) is 0 Å². The first-order valence-electron chi connectivity index (χ1n) is 10.3. The molecule has 5 atom stereocenters. The molecule has 3 fully saturated rings. The average molecular weight is 410 g/mol. The summed E-state index contributed by atoms with van der Waals surface area (Å²) in [5.74, 6) is -1.32. The Kier molecular flexibility index (Phi) is 4.34. The number of fused-ring (bicyclic) bond motifs is 5. The molecule has 1 aromatic carbocycles. The van der Waals surface area contributed by atoms with Crippen LogP contribution in [0.4, 0.5) is 17.1 Å². The van der Waals surface area contributed by atoms with E-state index in [9.17, 15) is 24.5 Å². The summed E-state index contributed by atoms with van der Waals surface area (Å²) in [5, 5.41) is 17.5. The highest BCUT2D eigenvalue weighted by Gasteiger charge is 2.59. The number of hydrogen-bond acceptors (Lipinski definition) is 6. The van der Waals surface area contributed by atoms with Gasteiger partial charge in [-0.3, -0.25) is 24.5 Å². The Morgan fingerprint density at radius 2 is 1.77 bits per heavy atom. The first-order valence-corrected chi connectivity index (χ1v) is 10.3. The van der Waals surface area contributed by atoms with Crippen molar-refractivity contribution in [1.29, 1.82) is 0 Å². The van der Waals surface area contributed by atoms with Gasteiger partial charge in [-0.25, -0.2) is 4.90 Å².